The van der Waals surface area contributed by atoms with Crippen LogP contribution in [0.4, 0.5) is 0 Å². The van der Waals surface area contributed by atoms with Crippen LogP contribution in [0.1, 0.15) is 34.1 Å². The third-order valence-electron chi connectivity index (χ3n) is 2.61. The maximum Gasteiger partial charge on any atom is 0.236 e. The smallest absolute Gasteiger partial charge is 0.236 e. The molecule has 0 aliphatic rings. The number of carbonyl (C=O) groups is 2. The van der Waals surface area contributed by atoms with Crippen molar-refractivity contribution in [2.45, 2.75) is 40.2 Å². The molecular weight excluding hydrogens is 218 g/mol. The first-order chi connectivity index (χ1) is 7.70. The van der Waals surface area contributed by atoms with Crippen LogP contribution in [0.3, 0.4) is 0 Å². The van der Waals surface area contributed by atoms with Crippen molar-refractivity contribution in [2.24, 2.45) is 17.1 Å². The summed E-state index contributed by atoms with van der Waals surface area (Å²) in [6.07, 6.45) is 0.645. The Labute approximate surface area is 104 Å². The van der Waals surface area contributed by atoms with Crippen LogP contribution >= 0.6 is 0 Å². The van der Waals surface area contributed by atoms with Crippen LogP contribution in [0, 0.1) is 11.3 Å². The van der Waals surface area contributed by atoms with E-state index in [-0.39, 0.29) is 18.4 Å². The van der Waals surface area contributed by atoms with Gasteiger partial charge in [0.2, 0.25) is 11.8 Å². The molecule has 0 spiro atoms. The molecule has 0 rings (SSSR count). The number of carbonyl (C=O) groups excluding carboxylic acids is 2. The van der Waals surface area contributed by atoms with E-state index in [1.807, 2.05) is 13.8 Å². The van der Waals surface area contributed by atoms with Crippen molar-refractivity contribution in [3.63, 3.8) is 0 Å². The summed E-state index contributed by atoms with van der Waals surface area (Å²) in [5.41, 5.74) is 5.12. The van der Waals surface area contributed by atoms with E-state index < -0.39 is 11.5 Å². The number of amides is 2. The fraction of sp³-hybridized carbons (Fsp3) is 0.833. The van der Waals surface area contributed by atoms with Crippen LogP contribution in [0.5, 0.6) is 0 Å². The quantitative estimate of drug-likeness (QED) is 0.625. The maximum absolute atomic E-state index is 11.7. The van der Waals surface area contributed by atoms with E-state index in [0.717, 1.165) is 0 Å². The molecule has 5 heteroatoms. The van der Waals surface area contributed by atoms with Gasteiger partial charge in [0, 0.05) is 13.6 Å². The van der Waals surface area contributed by atoms with Gasteiger partial charge in [-0.15, -0.1) is 0 Å². The maximum atomic E-state index is 11.7. The van der Waals surface area contributed by atoms with Crippen molar-refractivity contribution in [1.29, 1.82) is 0 Å². The van der Waals surface area contributed by atoms with Gasteiger partial charge in [-0.1, -0.05) is 13.8 Å². The van der Waals surface area contributed by atoms with Crippen molar-refractivity contribution in [2.75, 3.05) is 13.6 Å². The highest BCUT2D eigenvalue weighted by atomic mass is 16.2. The Morgan fingerprint density at radius 1 is 1.29 bits per heavy atom. The third kappa shape index (κ3) is 5.68. The third-order valence-corrected chi connectivity index (χ3v) is 2.61. The monoisotopic (exact) mass is 243 g/mol. The van der Waals surface area contributed by atoms with E-state index in [0.29, 0.717) is 12.3 Å². The van der Waals surface area contributed by atoms with Gasteiger partial charge in [0.1, 0.15) is 0 Å². The van der Waals surface area contributed by atoms with Crippen molar-refractivity contribution in [3.8, 4) is 0 Å². The first kappa shape index (κ1) is 15.9. The molecule has 0 aromatic carbocycles. The van der Waals surface area contributed by atoms with E-state index >= 15 is 0 Å². The van der Waals surface area contributed by atoms with Gasteiger partial charge in [0.05, 0.1) is 11.5 Å². The van der Waals surface area contributed by atoms with E-state index in [9.17, 15) is 9.59 Å². The molecule has 0 aliphatic carbocycles. The molecule has 0 fully saturated rings. The van der Waals surface area contributed by atoms with Crippen LogP contribution in [0.2, 0.25) is 0 Å². The zero-order valence-electron chi connectivity index (χ0n) is 11.5. The topological polar surface area (TPSA) is 84.2 Å². The Balaban J connectivity index is 4.19. The number of hydrogen-bond acceptors (Lipinski definition) is 3. The van der Waals surface area contributed by atoms with E-state index in [4.69, 9.17) is 5.73 Å². The second-order valence-corrected chi connectivity index (χ2v) is 5.42. The lowest BCUT2D eigenvalue weighted by atomic mass is 9.92. The number of nitrogens with one attached hydrogen (secondary N) is 2. The van der Waals surface area contributed by atoms with E-state index in [1.165, 1.54) is 0 Å². The van der Waals surface area contributed by atoms with Crippen LogP contribution in [-0.2, 0) is 9.59 Å². The fourth-order valence-electron chi connectivity index (χ4n) is 1.47. The highest BCUT2D eigenvalue weighted by Crippen LogP contribution is 2.13. The molecule has 0 aliphatic heterocycles. The van der Waals surface area contributed by atoms with Crippen LogP contribution in [0.15, 0.2) is 0 Å². The normalized spacial score (nSPS) is 13.4. The van der Waals surface area contributed by atoms with Crippen molar-refractivity contribution >= 4 is 11.8 Å². The van der Waals surface area contributed by atoms with Gasteiger partial charge in [0.15, 0.2) is 0 Å². The van der Waals surface area contributed by atoms with Gasteiger partial charge in [-0.05, 0) is 26.2 Å². The number of nitrogens with two attached hydrogens (primary N) is 1. The van der Waals surface area contributed by atoms with Crippen molar-refractivity contribution in [3.05, 3.63) is 0 Å². The average molecular weight is 243 g/mol. The highest BCUT2D eigenvalue weighted by Gasteiger charge is 2.27. The Kier molecular flexibility index (Phi) is 6.16. The molecule has 0 radical (unpaired) electrons. The summed E-state index contributed by atoms with van der Waals surface area (Å²) in [6.45, 7) is 7.88. The molecule has 2 amide bonds. The summed E-state index contributed by atoms with van der Waals surface area (Å²) in [5.74, 6) is 0.0774. The molecular formula is C12H25N3O2. The minimum atomic E-state index is -0.623. The number of rotatable bonds is 6. The molecule has 0 bridgehead atoms. The van der Waals surface area contributed by atoms with Crippen LogP contribution < -0.4 is 16.4 Å². The molecule has 0 heterocycles. The van der Waals surface area contributed by atoms with Crippen LogP contribution in [-0.4, -0.2) is 31.4 Å². The molecule has 0 saturated carbocycles. The van der Waals surface area contributed by atoms with Crippen molar-refractivity contribution in [1.82, 2.24) is 10.6 Å². The summed E-state index contributed by atoms with van der Waals surface area (Å²) >= 11 is 0. The average Bonchev–Trinajstić information content (AvgIpc) is 2.23. The van der Waals surface area contributed by atoms with Crippen molar-refractivity contribution < 1.29 is 9.59 Å². The molecule has 5 nitrogen and oxygen atoms in total. The Morgan fingerprint density at radius 2 is 1.82 bits per heavy atom. The molecule has 1 atom stereocenters. The second-order valence-electron chi connectivity index (χ2n) is 5.42. The largest absolute Gasteiger partial charge is 0.359 e. The Hall–Kier alpha value is -1.10. The second kappa shape index (κ2) is 6.59. The summed E-state index contributed by atoms with van der Waals surface area (Å²) in [5, 5.41) is 5.29. The molecule has 0 aromatic rings. The van der Waals surface area contributed by atoms with Gasteiger partial charge in [-0.25, -0.2) is 0 Å². The Bertz CT molecular complexity index is 275. The van der Waals surface area contributed by atoms with Gasteiger partial charge in [-0.2, -0.15) is 0 Å². The standard InChI is InChI=1S/C12H25N3O2/c1-8(2)6-9(13)10(16)15-7-12(3,4)11(17)14-5/h8-9H,6-7,13H2,1-5H3,(H,14,17)(H,15,16). The lowest BCUT2D eigenvalue weighted by Crippen LogP contribution is -2.48. The highest BCUT2D eigenvalue weighted by molar-refractivity contribution is 5.84. The van der Waals surface area contributed by atoms with Crippen LogP contribution in [0.25, 0.3) is 0 Å². The van der Waals surface area contributed by atoms with Gasteiger partial charge < -0.3 is 16.4 Å². The van der Waals surface area contributed by atoms with Gasteiger partial charge in [0.25, 0.3) is 0 Å². The first-order valence-electron chi connectivity index (χ1n) is 5.96. The predicted molar refractivity (Wildman–Crippen MR) is 68.3 cm³/mol. The van der Waals surface area contributed by atoms with E-state index in [2.05, 4.69) is 10.6 Å². The molecule has 0 saturated heterocycles. The fourth-order valence-corrected chi connectivity index (χ4v) is 1.47. The first-order valence-corrected chi connectivity index (χ1v) is 5.96. The zero-order chi connectivity index (χ0) is 13.6. The predicted octanol–water partition coefficient (Wildman–Crippen LogP) is 0.248. The lowest BCUT2D eigenvalue weighted by molar-refractivity contribution is -0.129. The SMILES string of the molecule is CNC(=O)C(C)(C)CNC(=O)C(N)CC(C)C. The summed E-state index contributed by atoms with van der Waals surface area (Å²) in [6, 6.07) is -0.504. The summed E-state index contributed by atoms with van der Waals surface area (Å²) in [7, 11) is 1.58. The van der Waals surface area contributed by atoms with Gasteiger partial charge >= 0.3 is 0 Å². The molecule has 1 unspecified atom stereocenters. The summed E-state index contributed by atoms with van der Waals surface area (Å²) < 4.78 is 0. The summed E-state index contributed by atoms with van der Waals surface area (Å²) in [4.78, 5) is 23.2. The van der Waals surface area contributed by atoms with Gasteiger partial charge in [-0.3, -0.25) is 9.59 Å². The van der Waals surface area contributed by atoms with E-state index in [1.54, 1.807) is 20.9 Å². The molecule has 0 aromatic heterocycles. The molecule has 4 N–H and O–H groups in total. The molecule has 17 heavy (non-hydrogen) atoms. The number of hydrogen-bond donors (Lipinski definition) is 3. The zero-order valence-corrected chi connectivity index (χ0v) is 11.5. The lowest BCUT2D eigenvalue weighted by Gasteiger charge is -2.24. The minimum absolute atomic E-state index is 0.102. The molecule has 100 valence electrons. The Morgan fingerprint density at radius 3 is 2.24 bits per heavy atom. The minimum Gasteiger partial charge on any atom is -0.359 e.